The maximum Gasteiger partial charge on any atom is 0.313 e. The lowest BCUT2D eigenvalue weighted by Crippen LogP contribution is -2.30. The Morgan fingerprint density at radius 3 is 2.39 bits per heavy atom. The van der Waals surface area contributed by atoms with Gasteiger partial charge in [0.2, 0.25) is 0 Å². The molecule has 2 aliphatic rings. The number of nitrogens with one attached hydrogen (secondary N) is 1. The van der Waals surface area contributed by atoms with Gasteiger partial charge in [-0.05, 0) is 37.3 Å². The molecule has 0 saturated carbocycles. The average molecular weight is 424 g/mol. The molecule has 7 heteroatoms. The second kappa shape index (κ2) is 7.72. The van der Waals surface area contributed by atoms with Crippen molar-refractivity contribution in [3.8, 4) is 5.75 Å². The second-order valence-corrected chi connectivity index (χ2v) is 9.39. The van der Waals surface area contributed by atoms with Gasteiger partial charge < -0.3 is 20.6 Å². The van der Waals surface area contributed by atoms with E-state index in [1.54, 1.807) is 12.1 Å². The van der Waals surface area contributed by atoms with Crippen molar-refractivity contribution in [1.29, 1.82) is 0 Å². The van der Waals surface area contributed by atoms with Crippen LogP contribution in [0.3, 0.4) is 0 Å². The van der Waals surface area contributed by atoms with Gasteiger partial charge in [-0.3, -0.25) is 14.6 Å². The van der Waals surface area contributed by atoms with Crippen LogP contribution in [0.4, 0.5) is 5.69 Å². The molecule has 1 aliphatic heterocycles. The summed E-state index contributed by atoms with van der Waals surface area (Å²) < 4.78 is 0. The fourth-order valence-electron chi connectivity index (χ4n) is 3.66. The third kappa shape index (κ3) is 4.13. The number of dihydropyridines is 1. The maximum absolute atomic E-state index is 13.0. The predicted octanol–water partition coefficient (Wildman–Crippen LogP) is 4.14. The van der Waals surface area contributed by atoms with Crippen LogP contribution in [0.25, 0.3) is 0 Å². The minimum Gasteiger partial charge on any atom is -0.508 e. The van der Waals surface area contributed by atoms with E-state index in [0.717, 1.165) is 0 Å². The molecule has 1 heterocycles. The molecule has 1 aliphatic carbocycles. The van der Waals surface area contributed by atoms with Gasteiger partial charge >= 0.3 is 5.97 Å². The Labute approximate surface area is 181 Å². The molecule has 31 heavy (non-hydrogen) atoms. The summed E-state index contributed by atoms with van der Waals surface area (Å²) in [6.45, 7) is 8.80. The van der Waals surface area contributed by atoms with E-state index >= 15 is 0 Å². The summed E-state index contributed by atoms with van der Waals surface area (Å²) in [5, 5.41) is 33.5. The molecular weight excluding hydrogens is 396 g/mol. The van der Waals surface area contributed by atoms with Crippen LogP contribution >= 0.6 is 0 Å². The average Bonchev–Trinajstić information content (AvgIpc) is 2.67. The van der Waals surface area contributed by atoms with Crippen molar-refractivity contribution in [2.75, 3.05) is 5.32 Å². The quantitative estimate of drug-likeness (QED) is 0.579. The fourth-order valence-corrected chi connectivity index (χ4v) is 3.66. The molecule has 7 nitrogen and oxygen atoms in total. The molecule has 0 bridgehead atoms. The molecule has 0 spiro atoms. The number of carbonyl (C=O) groups excluding carboxylic acids is 1. The fraction of sp³-hybridized carbons (Fsp3) is 0.375. The number of anilines is 1. The lowest BCUT2D eigenvalue weighted by atomic mass is 9.78. The molecule has 4 N–H and O–H groups in total. The maximum atomic E-state index is 13.0. The number of aromatic hydroxyl groups is 1. The van der Waals surface area contributed by atoms with E-state index in [1.807, 2.05) is 32.9 Å². The number of allylic oxidation sites excluding steroid dienone is 2. The summed E-state index contributed by atoms with van der Waals surface area (Å²) in [6, 6.07) is 2.78. The number of phenolic OH excluding ortho intramolecular Hbond substituents is 1. The first-order valence-electron chi connectivity index (χ1n) is 10.1. The van der Waals surface area contributed by atoms with E-state index in [4.69, 9.17) is 0 Å². The Morgan fingerprint density at radius 2 is 1.77 bits per heavy atom. The van der Waals surface area contributed by atoms with Gasteiger partial charge in [0.1, 0.15) is 11.5 Å². The van der Waals surface area contributed by atoms with Gasteiger partial charge in [0.25, 0.3) is 5.91 Å². The number of aliphatic imine (C=N–C) groups is 1. The van der Waals surface area contributed by atoms with E-state index in [2.05, 4.69) is 10.3 Å². The van der Waals surface area contributed by atoms with Gasteiger partial charge in [-0.15, -0.1) is 0 Å². The first-order chi connectivity index (χ1) is 14.3. The number of carboxylic acids is 1. The van der Waals surface area contributed by atoms with E-state index < -0.39 is 22.7 Å². The molecule has 0 saturated heterocycles. The Hall–Kier alpha value is -3.35. The molecule has 1 aromatic carbocycles. The van der Waals surface area contributed by atoms with Crippen LogP contribution in [0, 0.1) is 0 Å². The number of benzene rings is 1. The highest BCUT2D eigenvalue weighted by Gasteiger charge is 2.35. The van der Waals surface area contributed by atoms with Crippen molar-refractivity contribution >= 4 is 23.8 Å². The van der Waals surface area contributed by atoms with Crippen LogP contribution in [0.2, 0.25) is 0 Å². The van der Waals surface area contributed by atoms with Crippen molar-refractivity contribution in [2.45, 2.75) is 57.9 Å². The van der Waals surface area contributed by atoms with Crippen molar-refractivity contribution < 1.29 is 24.9 Å². The van der Waals surface area contributed by atoms with Crippen LogP contribution < -0.4 is 5.32 Å². The highest BCUT2D eigenvalue weighted by molar-refractivity contribution is 6.19. The molecule has 164 valence electrons. The third-order valence-corrected chi connectivity index (χ3v) is 5.69. The first-order valence-corrected chi connectivity index (χ1v) is 10.1. The van der Waals surface area contributed by atoms with Crippen LogP contribution in [0.5, 0.6) is 5.75 Å². The van der Waals surface area contributed by atoms with Crippen LogP contribution in [-0.4, -0.2) is 39.5 Å². The lowest BCUT2D eigenvalue weighted by Gasteiger charge is -2.28. The van der Waals surface area contributed by atoms with Crippen molar-refractivity contribution in [3.63, 3.8) is 0 Å². The number of fused-ring (bicyclic) bond motifs is 1. The monoisotopic (exact) mass is 424 g/mol. The highest BCUT2D eigenvalue weighted by Crippen LogP contribution is 2.40. The van der Waals surface area contributed by atoms with Gasteiger partial charge in [0, 0.05) is 29.1 Å². The van der Waals surface area contributed by atoms with E-state index in [0.29, 0.717) is 23.2 Å². The summed E-state index contributed by atoms with van der Waals surface area (Å²) in [6.07, 6.45) is 7.52. The van der Waals surface area contributed by atoms with E-state index in [-0.39, 0.29) is 28.7 Å². The van der Waals surface area contributed by atoms with Crippen molar-refractivity contribution in [3.05, 3.63) is 58.4 Å². The van der Waals surface area contributed by atoms with Crippen molar-refractivity contribution in [1.82, 2.24) is 0 Å². The van der Waals surface area contributed by atoms with Crippen LogP contribution in [0.15, 0.2) is 52.3 Å². The van der Waals surface area contributed by atoms with Crippen molar-refractivity contribution in [2.24, 2.45) is 4.99 Å². The number of aliphatic hydroxyl groups is 1. The van der Waals surface area contributed by atoms with Gasteiger partial charge in [-0.1, -0.05) is 39.0 Å². The van der Waals surface area contributed by atoms with Gasteiger partial charge in [0.05, 0.1) is 17.0 Å². The molecule has 1 unspecified atom stereocenters. The molecule has 1 amide bonds. The van der Waals surface area contributed by atoms with Gasteiger partial charge in [0.15, 0.2) is 0 Å². The number of aliphatic carboxylic acids is 1. The number of carbonyl (C=O) groups is 2. The molecular formula is C24H28N2O5. The molecule has 3 rings (SSSR count). The Bertz CT molecular complexity index is 1070. The zero-order chi connectivity index (χ0) is 23.1. The van der Waals surface area contributed by atoms with Crippen LogP contribution in [0.1, 0.15) is 52.2 Å². The molecule has 0 aromatic heterocycles. The molecule has 0 radical (unpaired) electrons. The molecule has 1 atom stereocenters. The number of phenols is 1. The second-order valence-electron chi connectivity index (χ2n) is 9.39. The first kappa shape index (κ1) is 22.3. The lowest BCUT2D eigenvalue weighted by molar-refractivity contribution is -0.142. The third-order valence-electron chi connectivity index (χ3n) is 5.69. The number of aliphatic hydroxyl groups excluding tert-OH is 1. The Balaban J connectivity index is 2.03. The van der Waals surface area contributed by atoms with E-state index in [1.165, 1.54) is 26.1 Å². The SMILES string of the molecule is CC(C)(C)c1cc(C(C)(C)C(=O)O)c(O)cc1NC(=O)C1=C(O)C2=CC=CCC2N=C1. The summed E-state index contributed by atoms with van der Waals surface area (Å²) in [5.41, 5.74) is 0.102. The zero-order valence-corrected chi connectivity index (χ0v) is 18.4. The standard InChI is InChI=1S/C24H28N2O5/c1-23(2,3)15-10-16(24(4,5)22(30)31)19(27)11-18(15)26-21(29)14-12-25-17-9-7-6-8-13(17)20(14)28/h6-8,10-12,17,27-28H,9H2,1-5H3,(H,26,29)(H,30,31). The predicted molar refractivity (Wildman–Crippen MR) is 120 cm³/mol. The Kier molecular flexibility index (Phi) is 5.56. The summed E-state index contributed by atoms with van der Waals surface area (Å²) in [5.74, 6) is -1.99. The zero-order valence-electron chi connectivity index (χ0n) is 18.4. The number of hydrogen-bond acceptors (Lipinski definition) is 5. The summed E-state index contributed by atoms with van der Waals surface area (Å²) in [7, 11) is 0. The van der Waals surface area contributed by atoms with Crippen LogP contribution in [-0.2, 0) is 20.4 Å². The number of carboxylic acid groups (broad SMARTS) is 1. The summed E-state index contributed by atoms with van der Waals surface area (Å²) in [4.78, 5) is 29.1. The highest BCUT2D eigenvalue weighted by atomic mass is 16.4. The van der Waals surface area contributed by atoms with E-state index in [9.17, 15) is 24.9 Å². The normalized spacial score (nSPS) is 18.5. The number of hydrogen-bond donors (Lipinski definition) is 4. The van der Waals surface area contributed by atoms with Gasteiger partial charge in [-0.25, -0.2) is 0 Å². The largest absolute Gasteiger partial charge is 0.508 e. The minimum absolute atomic E-state index is 0.0343. The Morgan fingerprint density at radius 1 is 1.10 bits per heavy atom. The number of rotatable bonds is 4. The topological polar surface area (TPSA) is 119 Å². The smallest absolute Gasteiger partial charge is 0.313 e. The summed E-state index contributed by atoms with van der Waals surface area (Å²) >= 11 is 0. The molecule has 0 fully saturated rings. The van der Waals surface area contributed by atoms with Gasteiger partial charge in [-0.2, -0.15) is 0 Å². The minimum atomic E-state index is -1.32. The number of amides is 1. The molecule has 1 aromatic rings. The number of nitrogens with zero attached hydrogens (tertiary/aromatic N) is 1.